The van der Waals surface area contributed by atoms with Crippen molar-refractivity contribution >= 4 is 21.8 Å². The molecule has 0 fully saturated rings. The van der Waals surface area contributed by atoms with E-state index in [-0.39, 0.29) is 12.0 Å². The summed E-state index contributed by atoms with van der Waals surface area (Å²) in [6, 6.07) is 32.3. The predicted molar refractivity (Wildman–Crippen MR) is 155 cm³/mol. The Morgan fingerprint density at radius 2 is 0.949 bits per heavy atom. The molecule has 2 aromatic heterocycles. The van der Waals surface area contributed by atoms with E-state index in [1.165, 1.54) is 0 Å². The van der Waals surface area contributed by atoms with Crippen LogP contribution in [0.4, 0.5) is 0 Å². The molecule has 0 atom stereocenters. The van der Waals surface area contributed by atoms with Crippen molar-refractivity contribution in [2.24, 2.45) is 0 Å². The SMILES string of the molecule is C#CCc1nc(Oc2nc(CC#C)c3c(-c4ccccc4)cccc3n2)nc2cccc(-c3ccccc3)c12. The second-order valence-electron chi connectivity index (χ2n) is 8.90. The maximum Gasteiger partial charge on any atom is 0.325 e. The Labute approximate surface area is 226 Å². The molecule has 0 saturated carbocycles. The topological polar surface area (TPSA) is 60.8 Å². The van der Waals surface area contributed by atoms with Crippen molar-refractivity contribution in [1.29, 1.82) is 0 Å². The lowest BCUT2D eigenvalue weighted by atomic mass is 9.98. The van der Waals surface area contributed by atoms with Crippen LogP contribution in [0, 0.1) is 24.7 Å². The first kappa shape index (κ1) is 23.9. The van der Waals surface area contributed by atoms with Crippen LogP contribution in [0.15, 0.2) is 97.1 Å². The molecule has 184 valence electrons. The van der Waals surface area contributed by atoms with Crippen molar-refractivity contribution in [3.05, 3.63) is 108 Å². The van der Waals surface area contributed by atoms with Crippen molar-refractivity contribution in [2.45, 2.75) is 12.8 Å². The average molecular weight is 503 g/mol. The minimum absolute atomic E-state index is 0.128. The van der Waals surface area contributed by atoms with E-state index in [2.05, 4.69) is 36.1 Å². The third kappa shape index (κ3) is 4.66. The molecule has 5 heteroatoms. The van der Waals surface area contributed by atoms with Crippen LogP contribution in [-0.2, 0) is 12.8 Å². The Balaban J connectivity index is 1.47. The van der Waals surface area contributed by atoms with Crippen molar-refractivity contribution in [3.8, 4) is 59.0 Å². The summed E-state index contributed by atoms with van der Waals surface area (Å²) in [5, 5.41) is 1.79. The van der Waals surface area contributed by atoms with E-state index < -0.39 is 0 Å². The average Bonchev–Trinajstić information content (AvgIpc) is 2.98. The first-order chi connectivity index (χ1) is 19.2. The lowest BCUT2D eigenvalue weighted by Crippen LogP contribution is -2.04. The number of benzene rings is 4. The van der Waals surface area contributed by atoms with Gasteiger partial charge in [0.15, 0.2) is 0 Å². The number of hydrogen-bond donors (Lipinski definition) is 0. The molecule has 0 amide bonds. The van der Waals surface area contributed by atoms with E-state index in [0.29, 0.717) is 24.2 Å². The first-order valence-corrected chi connectivity index (χ1v) is 12.5. The molecule has 0 bridgehead atoms. The lowest BCUT2D eigenvalue weighted by molar-refractivity contribution is 0.408. The lowest BCUT2D eigenvalue weighted by Gasteiger charge is -2.13. The number of terminal acetylenes is 2. The summed E-state index contributed by atoms with van der Waals surface area (Å²) in [4.78, 5) is 18.8. The summed E-state index contributed by atoms with van der Waals surface area (Å²) in [5.74, 6) is 5.44. The van der Waals surface area contributed by atoms with Gasteiger partial charge in [-0.15, -0.1) is 24.7 Å². The van der Waals surface area contributed by atoms with E-state index in [1.54, 1.807) is 0 Å². The van der Waals surface area contributed by atoms with Crippen LogP contribution in [0.1, 0.15) is 11.4 Å². The van der Waals surface area contributed by atoms with Crippen molar-refractivity contribution < 1.29 is 4.74 Å². The summed E-state index contributed by atoms with van der Waals surface area (Å²) < 4.78 is 6.08. The number of nitrogens with zero attached hydrogens (tertiary/aromatic N) is 4. The Hall–Kier alpha value is -5.52. The number of fused-ring (bicyclic) bond motifs is 2. The van der Waals surface area contributed by atoms with Gasteiger partial charge in [0.2, 0.25) is 0 Å². The molecule has 0 unspecified atom stereocenters. The number of ether oxygens (including phenoxy) is 1. The van der Waals surface area contributed by atoms with Gasteiger partial charge in [-0.2, -0.15) is 19.9 Å². The largest absolute Gasteiger partial charge is 0.388 e. The Morgan fingerprint density at radius 1 is 0.513 bits per heavy atom. The van der Waals surface area contributed by atoms with Crippen LogP contribution in [0.25, 0.3) is 44.1 Å². The van der Waals surface area contributed by atoms with Crippen molar-refractivity contribution in [3.63, 3.8) is 0 Å². The van der Waals surface area contributed by atoms with Gasteiger partial charge in [-0.3, -0.25) is 0 Å². The Morgan fingerprint density at radius 3 is 1.36 bits per heavy atom. The molecule has 0 spiro atoms. The first-order valence-electron chi connectivity index (χ1n) is 12.5. The maximum absolute atomic E-state index is 6.08. The van der Waals surface area contributed by atoms with Gasteiger partial charge < -0.3 is 4.74 Å². The molecule has 39 heavy (non-hydrogen) atoms. The summed E-state index contributed by atoms with van der Waals surface area (Å²) in [5.41, 5.74) is 6.99. The van der Waals surface area contributed by atoms with E-state index in [1.807, 2.05) is 72.8 Å². The van der Waals surface area contributed by atoms with E-state index in [9.17, 15) is 0 Å². The fourth-order valence-electron chi connectivity index (χ4n) is 4.81. The number of rotatable bonds is 6. The summed E-state index contributed by atoms with van der Waals surface area (Å²) in [6.07, 6.45) is 12.1. The van der Waals surface area contributed by atoms with Crippen LogP contribution in [-0.4, -0.2) is 19.9 Å². The normalized spacial score (nSPS) is 10.7. The van der Waals surface area contributed by atoms with Gasteiger partial charge in [-0.25, -0.2) is 0 Å². The quantitative estimate of drug-likeness (QED) is 0.228. The molecule has 4 aromatic carbocycles. The molecule has 0 N–H and O–H groups in total. The molecule has 0 aliphatic rings. The molecule has 0 aliphatic heterocycles. The van der Waals surface area contributed by atoms with Gasteiger partial charge in [0.25, 0.3) is 0 Å². The summed E-state index contributed by atoms with van der Waals surface area (Å²) in [6.45, 7) is 0. The molecule has 2 heterocycles. The number of hydrogen-bond acceptors (Lipinski definition) is 5. The zero-order chi connectivity index (χ0) is 26.6. The Bertz CT molecular complexity index is 1760. The fraction of sp³-hybridized carbons (Fsp3) is 0.0588. The molecular weight excluding hydrogens is 480 g/mol. The van der Waals surface area contributed by atoms with Crippen LogP contribution in [0.2, 0.25) is 0 Å². The second kappa shape index (κ2) is 10.5. The third-order valence-corrected chi connectivity index (χ3v) is 6.45. The van der Waals surface area contributed by atoms with Crippen LogP contribution < -0.4 is 4.74 Å². The molecule has 0 saturated heterocycles. The standard InChI is InChI=1S/C34H22N4O/c1-3-13-27-31-25(23-15-7-5-8-16-23)19-11-21-29(31)37-33(35-27)39-34-36-28(14-4-2)32-26(20-12-22-30(32)38-34)24-17-9-6-10-18-24/h1-2,5-12,15-22H,13-14H2. The van der Waals surface area contributed by atoms with Crippen LogP contribution >= 0.6 is 0 Å². The minimum atomic E-state index is 0.128. The molecule has 0 radical (unpaired) electrons. The van der Waals surface area contributed by atoms with E-state index in [4.69, 9.17) is 37.5 Å². The second-order valence-corrected chi connectivity index (χ2v) is 8.90. The van der Waals surface area contributed by atoms with E-state index in [0.717, 1.165) is 44.1 Å². The predicted octanol–water partition coefficient (Wildman–Crippen LogP) is 7.05. The highest BCUT2D eigenvalue weighted by molar-refractivity contribution is 5.97. The molecule has 6 aromatic rings. The highest BCUT2D eigenvalue weighted by Crippen LogP contribution is 2.34. The highest BCUT2D eigenvalue weighted by atomic mass is 16.5. The fourth-order valence-corrected chi connectivity index (χ4v) is 4.81. The van der Waals surface area contributed by atoms with Gasteiger partial charge in [0, 0.05) is 10.8 Å². The van der Waals surface area contributed by atoms with Gasteiger partial charge in [0.05, 0.1) is 35.3 Å². The van der Waals surface area contributed by atoms with Crippen molar-refractivity contribution in [2.75, 3.05) is 0 Å². The molecule has 0 aliphatic carbocycles. The van der Waals surface area contributed by atoms with Crippen LogP contribution in [0.5, 0.6) is 12.0 Å². The maximum atomic E-state index is 6.08. The zero-order valence-electron chi connectivity index (χ0n) is 21.0. The van der Waals surface area contributed by atoms with Gasteiger partial charge in [-0.05, 0) is 34.4 Å². The minimum Gasteiger partial charge on any atom is -0.388 e. The number of aromatic nitrogens is 4. The molecular formula is C34H22N4O. The van der Waals surface area contributed by atoms with Crippen LogP contribution in [0.3, 0.4) is 0 Å². The van der Waals surface area contributed by atoms with E-state index >= 15 is 0 Å². The zero-order valence-corrected chi connectivity index (χ0v) is 21.0. The third-order valence-electron chi connectivity index (χ3n) is 6.45. The monoisotopic (exact) mass is 502 g/mol. The molecule has 6 rings (SSSR count). The van der Waals surface area contributed by atoms with Gasteiger partial charge in [-0.1, -0.05) is 84.9 Å². The smallest absolute Gasteiger partial charge is 0.325 e. The summed E-state index contributed by atoms with van der Waals surface area (Å²) in [7, 11) is 0. The van der Waals surface area contributed by atoms with Gasteiger partial charge in [0.1, 0.15) is 0 Å². The Kier molecular flexibility index (Phi) is 6.40. The highest BCUT2D eigenvalue weighted by Gasteiger charge is 2.17. The van der Waals surface area contributed by atoms with Gasteiger partial charge >= 0.3 is 12.0 Å². The molecule has 5 nitrogen and oxygen atoms in total. The van der Waals surface area contributed by atoms with Crippen molar-refractivity contribution in [1.82, 2.24) is 19.9 Å². The summed E-state index contributed by atoms with van der Waals surface area (Å²) >= 11 is 0.